The van der Waals surface area contributed by atoms with Crippen molar-refractivity contribution >= 4 is 46.1 Å². The van der Waals surface area contributed by atoms with Crippen molar-refractivity contribution < 1.29 is 28.7 Å². The number of aryl methyl sites for hydroxylation is 1. The number of esters is 1. The first-order valence-electron chi connectivity index (χ1n) is 22.9. The van der Waals surface area contributed by atoms with E-state index in [4.69, 9.17) is 19.4 Å². The highest BCUT2D eigenvalue weighted by atomic mass is 32.1. The van der Waals surface area contributed by atoms with Crippen molar-refractivity contribution in [3.05, 3.63) is 58.2 Å². The standard InChI is InChI=1S/C48H65N9O6S/c1-10-55-38-16-15-30-21-33(38)34(43(55)32-13-11-18-49-41(32)29(4)62-9)23-48(5,6)27-63-46(60)35-14-12-19-57(52-35)45(59)36(22-40-50-37(30)26-64-40)51-44(58)42(28(2)3)54(8)47(61)56-24-31-17-20-53(7)25-39(31)56/h11,13,15-16,18,21,26,28-29,31,35-36,39,42,52H,10,12,14,17,19-20,22-25,27H2,1-9H3,(H,51,58)/t29-,31+,35-,36-,39+,42-/m0/s1. The summed E-state index contributed by atoms with van der Waals surface area (Å²) in [6, 6.07) is 7.81. The fourth-order valence-electron chi connectivity index (χ4n) is 10.2. The molecule has 6 atom stereocenters. The molecule has 6 bridgehead atoms. The molecule has 0 aliphatic carbocycles. The second-order valence-electron chi connectivity index (χ2n) is 19.4. The van der Waals surface area contributed by atoms with E-state index in [1.54, 1.807) is 25.3 Å². The lowest BCUT2D eigenvalue weighted by Crippen LogP contribution is -2.68. The predicted octanol–water partition coefficient (Wildman–Crippen LogP) is 5.91. The van der Waals surface area contributed by atoms with Gasteiger partial charge in [0.25, 0.3) is 5.91 Å². The smallest absolute Gasteiger partial charge is 0.324 e. The number of urea groups is 1. The summed E-state index contributed by atoms with van der Waals surface area (Å²) < 4.78 is 14.3. The molecule has 0 spiro atoms. The van der Waals surface area contributed by atoms with E-state index in [1.165, 1.54) is 16.3 Å². The molecule has 4 aliphatic rings. The number of nitrogens with one attached hydrogen (secondary N) is 2. The number of likely N-dealkylation sites (N-methyl/N-ethyl adjacent to an activating group) is 2. The minimum Gasteiger partial charge on any atom is -0.464 e. The summed E-state index contributed by atoms with van der Waals surface area (Å²) in [7, 11) is 5.45. The van der Waals surface area contributed by atoms with E-state index in [0.29, 0.717) is 49.8 Å². The number of ether oxygens (including phenoxy) is 2. The van der Waals surface area contributed by atoms with E-state index in [-0.39, 0.29) is 43.0 Å². The van der Waals surface area contributed by atoms with Gasteiger partial charge in [-0.3, -0.25) is 24.4 Å². The zero-order valence-corrected chi connectivity index (χ0v) is 39.7. The maximum atomic E-state index is 14.6. The van der Waals surface area contributed by atoms with E-state index in [9.17, 15) is 19.2 Å². The average Bonchev–Trinajstić information content (AvgIpc) is 3.87. The highest BCUT2D eigenvalue weighted by Crippen LogP contribution is 2.42. The Morgan fingerprint density at radius 3 is 2.67 bits per heavy atom. The number of likely N-dealkylation sites (tertiary alicyclic amines) is 2. The third-order valence-electron chi connectivity index (χ3n) is 13.8. The van der Waals surface area contributed by atoms with Gasteiger partial charge in [0.1, 0.15) is 18.1 Å². The zero-order chi connectivity index (χ0) is 45.6. The van der Waals surface area contributed by atoms with Crippen LogP contribution in [0.2, 0.25) is 0 Å². The van der Waals surface area contributed by atoms with E-state index >= 15 is 0 Å². The Hall–Kier alpha value is -4.90. The van der Waals surface area contributed by atoms with Crippen LogP contribution in [0.4, 0.5) is 4.79 Å². The topological polar surface area (TPSA) is 154 Å². The molecule has 2 N–H and O–H groups in total. The Balaban J connectivity index is 1.16. The van der Waals surface area contributed by atoms with Crippen LogP contribution in [0.25, 0.3) is 33.4 Å². The van der Waals surface area contributed by atoms with E-state index in [0.717, 1.165) is 64.2 Å². The van der Waals surface area contributed by atoms with Crippen LogP contribution in [0.3, 0.4) is 0 Å². The molecular weight excluding hydrogens is 831 g/mol. The maximum Gasteiger partial charge on any atom is 0.324 e. The Morgan fingerprint density at radius 1 is 1.12 bits per heavy atom. The lowest BCUT2D eigenvalue weighted by atomic mass is 9.82. The van der Waals surface area contributed by atoms with Gasteiger partial charge in [-0.1, -0.05) is 33.8 Å². The molecule has 1 aromatic carbocycles. The molecule has 0 saturated carbocycles. The van der Waals surface area contributed by atoms with Crippen molar-refractivity contribution in [1.82, 2.24) is 45.0 Å². The molecule has 344 valence electrons. The minimum atomic E-state index is -1.03. The van der Waals surface area contributed by atoms with Gasteiger partial charge >= 0.3 is 12.0 Å². The predicted molar refractivity (Wildman–Crippen MR) is 247 cm³/mol. The van der Waals surface area contributed by atoms with Crippen LogP contribution in [0.5, 0.6) is 0 Å². The molecule has 4 aliphatic heterocycles. The molecule has 15 nitrogen and oxygen atoms in total. The Bertz CT molecular complexity index is 2390. The van der Waals surface area contributed by atoms with Gasteiger partial charge in [-0.05, 0) is 94.8 Å². The Labute approximate surface area is 380 Å². The maximum absolute atomic E-state index is 14.6. The number of thiazole rings is 1. The highest BCUT2D eigenvalue weighted by Gasteiger charge is 2.47. The molecule has 64 heavy (non-hydrogen) atoms. The van der Waals surface area contributed by atoms with Crippen molar-refractivity contribution in [3.8, 4) is 22.5 Å². The molecule has 3 aromatic heterocycles. The second-order valence-corrected chi connectivity index (χ2v) is 20.3. The van der Waals surface area contributed by atoms with Gasteiger partial charge in [0, 0.05) is 85.8 Å². The van der Waals surface area contributed by atoms with Crippen LogP contribution < -0.4 is 10.7 Å². The minimum absolute atomic E-state index is 0.118. The fourth-order valence-corrected chi connectivity index (χ4v) is 11.1. The third kappa shape index (κ3) is 8.90. The number of cyclic esters (lactones) is 1. The van der Waals surface area contributed by atoms with Gasteiger partial charge in [-0.25, -0.2) is 15.2 Å². The van der Waals surface area contributed by atoms with E-state index in [1.807, 2.05) is 37.1 Å². The number of hydrogen-bond donors (Lipinski definition) is 2. The number of rotatable bonds is 8. The number of fused-ring (bicyclic) bond motifs is 7. The summed E-state index contributed by atoms with van der Waals surface area (Å²) in [4.78, 5) is 72.6. The Kier molecular flexibility index (Phi) is 13.2. The van der Waals surface area contributed by atoms with Gasteiger partial charge in [-0.2, -0.15) is 0 Å². The largest absolute Gasteiger partial charge is 0.464 e. The molecule has 8 rings (SSSR count). The molecule has 16 heteroatoms. The number of benzene rings is 1. The molecule has 3 fully saturated rings. The van der Waals surface area contributed by atoms with Crippen LogP contribution in [0.1, 0.15) is 83.2 Å². The van der Waals surface area contributed by atoms with Crippen molar-refractivity contribution in [2.75, 3.05) is 54.0 Å². The highest BCUT2D eigenvalue weighted by molar-refractivity contribution is 7.10. The molecule has 4 aromatic rings. The normalized spacial score (nSPS) is 23.8. The summed E-state index contributed by atoms with van der Waals surface area (Å²) >= 11 is 1.44. The number of hydrazine groups is 1. The van der Waals surface area contributed by atoms with Gasteiger partial charge < -0.3 is 34.1 Å². The van der Waals surface area contributed by atoms with Gasteiger partial charge in [-0.15, -0.1) is 11.3 Å². The number of pyridine rings is 1. The van der Waals surface area contributed by atoms with Gasteiger partial charge in [0.15, 0.2) is 0 Å². The quantitative estimate of drug-likeness (QED) is 0.204. The molecule has 4 amide bonds. The van der Waals surface area contributed by atoms with Crippen LogP contribution in [0, 0.1) is 17.3 Å². The van der Waals surface area contributed by atoms with Gasteiger partial charge in [0.05, 0.1) is 40.8 Å². The lowest BCUT2D eigenvalue weighted by Gasteiger charge is -2.54. The first-order valence-corrected chi connectivity index (χ1v) is 23.8. The number of piperidine rings is 1. The van der Waals surface area contributed by atoms with Crippen LogP contribution in [0.15, 0.2) is 41.9 Å². The monoisotopic (exact) mass is 895 g/mol. The lowest BCUT2D eigenvalue weighted by molar-refractivity contribution is -0.155. The van der Waals surface area contributed by atoms with Crippen LogP contribution in [-0.4, -0.2) is 136 Å². The number of carbonyl (C=O) groups excluding carboxylic acids is 4. The fraction of sp³-hybridized carbons (Fsp3) is 0.583. The SMILES string of the molecule is CCn1c(-c2cccnc2[C@H](C)OC)c2c3cc(ccc31)-c1csc(n1)C[C@H](NC(=O)[C@H](C(C)C)N(C)C(=O)N1C[C@H]3CCN(C)C[C@H]31)C(=O)N1CCC[C@H](N1)C(=O)OCC(C)(C)C2. The third-order valence-corrected chi connectivity index (χ3v) is 14.6. The summed E-state index contributed by atoms with van der Waals surface area (Å²) in [6.45, 7) is 15.9. The molecule has 7 heterocycles. The number of aromatic nitrogens is 3. The van der Waals surface area contributed by atoms with Crippen molar-refractivity contribution in [3.63, 3.8) is 0 Å². The number of amides is 4. The number of carbonyl (C=O) groups is 4. The number of nitrogens with zero attached hydrogens (tertiary/aromatic N) is 7. The summed E-state index contributed by atoms with van der Waals surface area (Å²) in [5, 5.41) is 8.27. The van der Waals surface area contributed by atoms with E-state index in [2.05, 4.69) is 72.3 Å². The van der Waals surface area contributed by atoms with Crippen molar-refractivity contribution in [2.45, 2.75) is 110 Å². The van der Waals surface area contributed by atoms with Crippen molar-refractivity contribution in [1.29, 1.82) is 0 Å². The molecule has 3 saturated heterocycles. The molecule has 0 unspecified atom stereocenters. The molecular formula is C48H65N9O6S. The first-order chi connectivity index (χ1) is 30.6. The zero-order valence-electron chi connectivity index (χ0n) is 38.8. The average molecular weight is 896 g/mol. The van der Waals surface area contributed by atoms with Gasteiger partial charge in [0.2, 0.25) is 5.91 Å². The first kappa shape index (κ1) is 45.7. The summed E-state index contributed by atoms with van der Waals surface area (Å²) in [6.07, 6.45) is 4.38. The van der Waals surface area contributed by atoms with Crippen LogP contribution in [-0.2, 0) is 43.2 Å². The van der Waals surface area contributed by atoms with Crippen molar-refractivity contribution in [2.24, 2.45) is 17.3 Å². The summed E-state index contributed by atoms with van der Waals surface area (Å²) in [5.41, 5.74) is 9.43. The van der Waals surface area contributed by atoms with Crippen LogP contribution >= 0.6 is 11.3 Å². The summed E-state index contributed by atoms with van der Waals surface area (Å²) in [5.74, 6) is -0.999. The number of hydrogen-bond acceptors (Lipinski definition) is 11. The number of methoxy groups -OCH3 is 1. The van der Waals surface area contributed by atoms with E-state index < -0.39 is 35.4 Å². The Morgan fingerprint density at radius 2 is 1.92 bits per heavy atom. The second kappa shape index (κ2) is 18.5. The molecule has 0 radical (unpaired) electrons.